The van der Waals surface area contributed by atoms with Gasteiger partial charge in [0.2, 0.25) is 0 Å². The summed E-state index contributed by atoms with van der Waals surface area (Å²) in [6.07, 6.45) is 5.90. The average molecular weight is 354 g/mol. The van der Waals surface area contributed by atoms with Crippen molar-refractivity contribution in [2.75, 3.05) is 26.8 Å². The van der Waals surface area contributed by atoms with Crippen LogP contribution in [0.4, 0.5) is 0 Å². The molecule has 3 aliphatic heterocycles. The van der Waals surface area contributed by atoms with Gasteiger partial charge < -0.3 is 9.47 Å². The van der Waals surface area contributed by atoms with E-state index in [2.05, 4.69) is 35.9 Å². The minimum atomic E-state index is 0.0956. The second kappa shape index (κ2) is 7.53. The lowest BCUT2D eigenvalue weighted by Gasteiger charge is -2.52. The zero-order valence-corrected chi connectivity index (χ0v) is 16.1. The highest BCUT2D eigenvalue weighted by molar-refractivity contribution is 5.84. The second-order valence-corrected chi connectivity index (χ2v) is 7.67. The van der Waals surface area contributed by atoms with Gasteiger partial charge in [-0.1, -0.05) is 13.3 Å². The van der Waals surface area contributed by atoms with Crippen LogP contribution >= 0.6 is 0 Å². The SMILES string of the molecule is CCOC(c1ccnc2ccc(OC)cc12)C1CC2CCN1CC2CC. The standard InChI is InChI=1S/C22H30N2O2/c1-4-15-14-24-11-9-16(15)12-21(24)22(26-5-2)18-8-10-23-20-7-6-17(25-3)13-19(18)20/h6-8,10,13,15-16,21-22H,4-5,9,11-12,14H2,1-3H3. The first-order valence-corrected chi connectivity index (χ1v) is 10.0. The van der Waals surface area contributed by atoms with Crippen molar-refractivity contribution >= 4 is 10.9 Å². The smallest absolute Gasteiger partial charge is 0.119 e. The number of ether oxygens (including phenoxy) is 2. The zero-order valence-electron chi connectivity index (χ0n) is 16.1. The quantitative estimate of drug-likeness (QED) is 0.768. The molecule has 3 aliphatic rings. The van der Waals surface area contributed by atoms with Gasteiger partial charge in [0.1, 0.15) is 5.75 Å². The van der Waals surface area contributed by atoms with Crippen molar-refractivity contribution in [2.24, 2.45) is 11.8 Å². The lowest BCUT2D eigenvalue weighted by molar-refractivity contribution is -0.0803. The van der Waals surface area contributed by atoms with E-state index in [-0.39, 0.29) is 6.10 Å². The second-order valence-electron chi connectivity index (χ2n) is 7.67. The van der Waals surface area contributed by atoms with Gasteiger partial charge in [0.15, 0.2) is 0 Å². The summed E-state index contributed by atoms with van der Waals surface area (Å²) in [5, 5.41) is 1.15. The fraction of sp³-hybridized carbons (Fsp3) is 0.591. The minimum absolute atomic E-state index is 0.0956. The lowest BCUT2D eigenvalue weighted by Crippen LogP contribution is -2.55. The van der Waals surface area contributed by atoms with Crippen molar-refractivity contribution in [3.63, 3.8) is 0 Å². The number of benzene rings is 1. The topological polar surface area (TPSA) is 34.6 Å². The molecule has 26 heavy (non-hydrogen) atoms. The number of nitrogens with zero attached hydrogens (tertiary/aromatic N) is 2. The molecule has 4 nitrogen and oxygen atoms in total. The summed E-state index contributed by atoms with van der Waals surface area (Å²) >= 11 is 0. The van der Waals surface area contributed by atoms with E-state index < -0.39 is 0 Å². The molecule has 0 amide bonds. The van der Waals surface area contributed by atoms with Gasteiger partial charge in [0.25, 0.3) is 0 Å². The molecule has 0 aliphatic carbocycles. The molecule has 5 rings (SSSR count). The van der Waals surface area contributed by atoms with Crippen molar-refractivity contribution in [2.45, 2.75) is 45.3 Å². The zero-order chi connectivity index (χ0) is 18.1. The normalized spacial score (nSPS) is 29.0. The van der Waals surface area contributed by atoms with E-state index in [0.717, 1.165) is 35.1 Å². The summed E-state index contributed by atoms with van der Waals surface area (Å²) in [5.41, 5.74) is 2.26. The molecule has 5 atom stereocenters. The molecule has 140 valence electrons. The largest absolute Gasteiger partial charge is 0.497 e. The predicted molar refractivity (Wildman–Crippen MR) is 105 cm³/mol. The fourth-order valence-corrected chi connectivity index (χ4v) is 5.07. The van der Waals surface area contributed by atoms with Gasteiger partial charge in [-0.2, -0.15) is 0 Å². The number of rotatable bonds is 6. The van der Waals surface area contributed by atoms with Crippen molar-refractivity contribution < 1.29 is 9.47 Å². The summed E-state index contributed by atoms with van der Waals surface area (Å²) < 4.78 is 11.8. The van der Waals surface area contributed by atoms with E-state index >= 15 is 0 Å². The highest BCUT2D eigenvalue weighted by Crippen LogP contribution is 2.44. The molecule has 1 aromatic heterocycles. The summed E-state index contributed by atoms with van der Waals surface area (Å²) in [6, 6.07) is 8.74. The van der Waals surface area contributed by atoms with Crippen molar-refractivity contribution in [1.82, 2.24) is 9.88 Å². The molecular weight excluding hydrogens is 324 g/mol. The predicted octanol–water partition coefficient (Wildman–Crippen LogP) is 4.44. The van der Waals surface area contributed by atoms with E-state index in [9.17, 15) is 0 Å². The Kier molecular flexibility index (Phi) is 5.14. The first-order valence-electron chi connectivity index (χ1n) is 10.0. The number of hydrogen-bond donors (Lipinski definition) is 0. The molecule has 2 bridgehead atoms. The van der Waals surface area contributed by atoms with Crippen LogP contribution in [0.3, 0.4) is 0 Å². The van der Waals surface area contributed by atoms with Gasteiger partial charge in [-0.05, 0) is 68.0 Å². The van der Waals surface area contributed by atoms with Gasteiger partial charge in [-0.25, -0.2) is 0 Å². The van der Waals surface area contributed by atoms with Crippen LogP contribution in [0.15, 0.2) is 30.5 Å². The van der Waals surface area contributed by atoms with Crippen LogP contribution in [0, 0.1) is 11.8 Å². The van der Waals surface area contributed by atoms with Gasteiger partial charge in [-0.15, -0.1) is 0 Å². The Morgan fingerprint density at radius 1 is 1.27 bits per heavy atom. The maximum Gasteiger partial charge on any atom is 0.119 e. The van der Waals surface area contributed by atoms with Gasteiger partial charge in [-0.3, -0.25) is 9.88 Å². The summed E-state index contributed by atoms with van der Waals surface area (Å²) in [5.74, 6) is 2.58. The fourth-order valence-electron chi connectivity index (χ4n) is 5.07. The number of hydrogen-bond acceptors (Lipinski definition) is 4. The highest BCUT2D eigenvalue weighted by Gasteiger charge is 2.43. The number of methoxy groups -OCH3 is 1. The molecule has 5 unspecified atom stereocenters. The van der Waals surface area contributed by atoms with Crippen LogP contribution in [0.2, 0.25) is 0 Å². The lowest BCUT2D eigenvalue weighted by atomic mass is 9.72. The van der Waals surface area contributed by atoms with Crippen LogP contribution in [-0.2, 0) is 4.74 Å². The molecule has 3 fully saturated rings. The van der Waals surface area contributed by atoms with Gasteiger partial charge in [0, 0.05) is 30.8 Å². The van der Waals surface area contributed by atoms with E-state index in [0.29, 0.717) is 6.04 Å². The van der Waals surface area contributed by atoms with E-state index in [1.165, 1.54) is 37.9 Å². The minimum Gasteiger partial charge on any atom is -0.497 e. The van der Waals surface area contributed by atoms with Crippen molar-refractivity contribution in [3.05, 3.63) is 36.0 Å². The molecule has 0 radical (unpaired) electrons. The number of piperidine rings is 3. The third kappa shape index (κ3) is 3.10. The number of fused-ring (bicyclic) bond motifs is 4. The molecule has 1 aromatic carbocycles. The van der Waals surface area contributed by atoms with E-state index in [1.54, 1.807) is 7.11 Å². The summed E-state index contributed by atoms with van der Waals surface area (Å²) in [7, 11) is 1.72. The first-order chi connectivity index (χ1) is 12.7. The van der Waals surface area contributed by atoms with Gasteiger partial charge in [0.05, 0.1) is 18.7 Å². The third-order valence-electron chi connectivity index (χ3n) is 6.45. The van der Waals surface area contributed by atoms with Crippen LogP contribution in [-0.4, -0.2) is 42.7 Å². The van der Waals surface area contributed by atoms with Crippen LogP contribution < -0.4 is 4.74 Å². The van der Waals surface area contributed by atoms with Crippen LogP contribution in [0.5, 0.6) is 5.75 Å². The Bertz CT molecular complexity index is 763. The molecule has 4 heteroatoms. The highest BCUT2D eigenvalue weighted by atomic mass is 16.5. The maximum absolute atomic E-state index is 6.36. The number of pyridine rings is 1. The average Bonchev–Trinajstić information content (AvgIpc) is 2.71. The van der Waals surface area contributed by atoms with Crippen molar-refractivity contribution in [3.8, 4) is 5.75 Å². The third-order valence-corrected chi connectivity index (χ3v) is 6.45. The molecule has 2 aromatic rings. The Balaban J connectivity index is 1.72. The molecule has 4 heterocycles. The molecule has 3 saturated heterocycles. The monoisotopic (exact) mass is 354 g/mol. The molecule has 0 spiro atoms. The molecule has 0 saturated carbocycles. The van der Waals surface area contributed by atoms with Crippen LogP contribution in [0.1, 0.15) is 44.8 Å². The molecule has 0 N–H and O–H groups in total. The Morgan fingerprint density at radius 3 is 2.85 bits per heavy atom. The summed E-state index contributed by atoms with van der Waals surface area (Å²) in [6.45, 7) is 7.60. The van der Waals surface area contributed by atoms with E-state index in [1.807, 2.05) is 18.3 Å². The molecular formula is C22H30N2O2. The Labute approximate surface area is 156 Å². The first kappa shape index (κ1) is 17.7. The Hall–Kier alpha value is -1.65. The van der Waals surface area contributed by atoms with Gasteiger partial charge >= 0.3 is 0 Å². The number of aromatic nitrogens is 1. The van der Waals surface area contributed by atoms with Crippen LogP contribution in [0.25, 0.3) is 10.9 Å². The maximum atomic E-state index is 6.36. The van der Waals surface area contributed by atoms with E-state index in [4.69, 9.17) is 9.47 Å². The summed E-state index contributed by atoms with van der Waals surface area (Å²) in [4.78, 5) is 7.23. The Morgan fingerprint density at radius 2 is 2.15 bits per heavy atom. The van der Waals surface area contributed by atoms with Crippen molar-refractivity contribution in [1.29, 1.82) is 0 Å².